The van der Waals surface area contributed by atoms with E-state index >= 15 is 0 Å². The Labute approximate surface area is 246 Å². The molecule has 0 amide bonds. The van der Waals surface area contributed by atoms with Gasteiger partial charge < -0.3 is 24.4 Å². The van der Waals surface area contributed by atoms with Gasteiger partial charge in [0.1, 0.15) is 11.8 Å². The van der Waals surface area contributed by atoms with Crippen LogP contribution in [0.5, 0.6) is 5.75 Å². The zero-order chi connectivity index (χ0) is 27.8. The maximum absolute atomic E-state index is 6.97. The van der Waals surface area contributed by atoms with Crippen molar-refractivity contribution in [2.24, 2.45) is 5.92 Å². The largest absolute Gasteiger partial charge is 0.497 e. The summed E-state index contributed by atoms with van der Waals surface area (Å²) in [6, 6.07) is 24.6. The molecule has 0 aliphatic carbocycles. The number of anilines is 2. The van der Waals surface area contributed by atoms with Gasteiger partial charge in [0.15, 0.2) is 5.11 Å². The molecule has 206 valence electrons. The van der Waals surface area contributed by atoms with Crippen molar-refractivity contribution in [3.8, 4) is 11.4 Å². The number of ether oxygens (including phenoxy) is 1. The summed E-state index contributed by atoms with van der Waals surface area (Å²) in [5.41, 5.74) is 6.28. The van der Waals surface area contributed by atoms with Crippen molar-refractivity contribution in [3.05, 3.63) is 101 Å². The van der Waals surface area contributed by atoms with Crippen molar-refractivity contribution < 1.29 is 4.74 Å². The number of halogens is 1. The summed E-state index contributed by atoms with van der Waals surface area (Å²) in [5.74, 6) is 1.58. The number of methoxy groups -OCH3 is 1. The quantitative estimate of drug-likeness (QED) is 0.246. The van der Waals surface area contributed by atoms with E-state index in [1.807, 2.05) is 30.5 Å². The first-order chi connectivity index (χ1) is 19.4. The van der Waals surface area contributed by atoms with Gasteiger partial charge in [-0.25, -0.2) is 0 Å². The number of aromatic nitrogens is 2. The van der Waals surface area contributed by atoms with E-state index in [1.165, 1.54) is 12.8 Å². The number of rotatable bonds is 6. The molecule has 2 atom stereocenters. The van der Waals surface area contributed by atoms with Crippen LogP contribution in [0.4, 0.5) is 11.4 Å². The second-order valence-corrected chi connectivity index (χ2v) is 11.5. The fraction of sp³-hybridized carbons (Fsp3) is 0.312. The molecule has 8 heteroatoms. The summed E-state index contributed by atoms with van der Waals surface area (Å²) < 4.78 is 7.70. The Balaban J connectivity index is 1.44. The molecule has 0 spiro atoms. The van der Waals surface area contributed by atoms with Gasteiger partial charge in [-0.3, -0.25) is 4.98 Å². The molecule has 4 heterocycles. The van der Waals surface area contributed by atoms with Crippen LogP contribution < -0.4 is 19.9 Å². The van der Waals surface area contributed by atoms with E-state index in [9.17, 15) is 0 Å². The molecule has 40 heavy (non-hydrogen) atoms. The minimum absolute atomic E-state index is 0.151. The Kier molecular flexibility index (Phi) is 7.43. The molecular weight excluding hydrogens is 538 g/mol. The zero-order valence-electron chi connectivity index (χ0n) is 23.0. The number of aryl methyl sites for hydroxylation is 1. The molecule has 1 N–H and O–H groups in total. The molecule has 4 aromatic rings. The van der Waals surface area contributed by atoms with E-state index in [2.05, 4.69) is 82.1 Å². The highest BCUT2D eigenvalue weighted by molar-refractivity contribution is 7.80. The van der Waals surface area contributed by atoms with Crippen molar-refractivity contribution in [1.82, 2.24) is 14.9 Å². The van der Waals surface area contributed by atoms with E-state index in [0.29, 0.717) is 5.11 Å². The molecular formula is C32H34ClN5OS. The van der Waals surface area contributed by atoms with Gasteiger partial charge in [-0.15, -0.1) is 0 Å². The van der Waals surface area contributed by atoms with Gasteiger partial charge in [-0.2, -0.15) is 0 Å². The fourth-order valence-electron chi connectivity index (χ4n) is 5.96. The number of nitrogens with zero attached hydrogens (tertiary/aromatic N) is 4. The Morgan fingerprint density at radius 2 is 1.73 bits per heavy atom. The number of pyridine rings is 1. The first-order valence-electron chi connectivity index (χ1n) is 13.8. The number of nitrogens with one attached hydrogen (secondary N) is 1. The summed E-state index contributed by atoms with van der Waals surface area (Å²) in [6.07, 6.45) is 4.21. The van der Waals surface area contributed by atoms with Gasteiger partial charge in [0, 0.05) is 42.0 Å². The molecule has 2 aromatic heterocycles. The van der Waals surface area contributed by atoms with Crippen LogP contribution in [0.15, 0.2) is 79.0 Å². The fourth-order valence-corrected chi connectivity index (χ4v) is 6.60. The first-order valence-corrected chi connectivity index (χ1v) is 14.6. The lowest BCUT2D eigenvalue weighted by molar-refractivity contribution is 0.414. The molecule has 6 nitrogen and oxygen atoms in total. The molecule has 2 aromatic carbocycles. The molecule has 6 rings (SSSR count). The third-order valence-electron chi connectivity index (χ3n) is 8.17. The average Bonchev–Trinajstić information content (AvgIpc) is 3.53. The maximum Gasteiger partial charge on any atom is 0.174 e. The third kappa shape index (κ3) is 4.93. The van der Waals surface area contributed by atoms with E-state index in [0.717, 1.165) is 63.9 Å². The molecule has 2 aliphatic heterocycles. The summed E-state index contributed by atoms with van der Waals surface area (Å²) in [5, 5.41) is 4.98. The van der Waals surface area contributed by atoms with Crippen LogP contribution in [0.2, 0.25) is 5.02 Å². The number of benzene rings is 2. The third-order valence-corrected chi connectivity index (χ3v) is 8.79. The van der Waals surface area contributed by atoms with Crippen molar-refractivity contribution in [1.29, 1.82) is 0 Å². The summed E-state index contributed by atoms with van der Waals surface area (Å²) in [4.78, 5) is 9.32. The van der Waals surface area contributed by atoms with Gasteiger partial charge in [0.2, 0.25) is 0 Å². The van der Waals surface area contributed by atoms with Crippen LogP contribution in [0.3, 0.4) is 0 Å². The molecule has 2 fully saturated rings. The average molecular weight is 572 g/mol. The van der Waals surface area contributed by atoms with Gasteiger partial charge in [-0.05, 0) is 105 Å². The van der Waals surface area contributed by atoms with Crippen molar-refractivity contribution >= 4 is 40.3 Å². The Bertz CT molecular complexity index is 1500. The van der Waals surface area contributed by atoms with E-state index in [1.54, 1.807) is 7.11 Å². The Morgan fingerprint density at radius 3 is 2.40 bits per heavy atom. The SMILES string of the molecule is COc1ccc(-n2c(C)ccc2[C@H]2[C@H](c3ccccn3)NC(=S)N2c2ccc(N3CCC(C)CC3)c(Cl)c2)cc1. The summed E-state index contributed by atoms with van der Waals surface area (Å²) in [7, 11) is 1.68. The standard InChI is InChI=1S/C32H34ClN5OS/c1-21-15-18-36(19-16-21)28-14-10-24(20-26(28)33)38-31(30(35-32(38)40)27-6-4-5-17-34-27)29-13-7-22(2)37(29)23-8-11-25(39-3)12-9-23/h4-14,17,20-21,30-31H,15-16,18-19H2,1-3H3,(H,35,40)/t30-,31-/m0/s1. The van der Waals surface area contributed by atoms with E-state index in [4.69, 9.17) is 33.5 Å². The minimum atomic E-state index is -0.157. The number of hydrogen-bond donors (Lipinski definition) is 1. The predicted octanol–water partition coefficient (Wildman–Crippen LogP) is 7.26. The number of hydrogen-bond acceptors (Lipinski definition) is 4. The van der Waals surface area contributed by atoms with Crippen LogP contribution >= 0.6 is 23.8 Å². The lowest BCUT2D eigenvalue weighted by atomic mass is 9.98. The topological polar surface area (TPSA) is 45.6 Å². The lowest BCUT2D eigenvalue weighted by Gasteiger charge is -2.34. The molecule has 0 unspecified atom stereocenters. The van der Waals surface area contributed by atoms with Crippen molar-refractivity contribution in [2.45, 2.75) is 38.8 Å². The number of thiocarbonyl (C=S) groups is 1. The Hall–Kier alpha value is -3.55. The monoisotopic (exact) mass is 571 g/mol. The lowest BCUT2D eigenvalue weighted by Crippen LogP contribution is -2.33. The second kappa shape index (κ2) is 11.1. The molecule has 2 aliphatic rings. The van der Waals surface area contributed by atoms with E-state index in [-0.39, 0.29) is 12.1 Å². The summed E-state index contributed by atoms with van der Waals surface area (Å²) in [6.45, 7) is 6.51. The molecule has 0 bridgehead atoms. The van der Waals surface area contributed by atoms with Crippen molar-refractivity contribution in [2.75, 3.05) is 30.0 Å². The van der Waals surface area contributed by atoms with E-state index < -0.39 is 0 Å². The second-order valence-electron chi connectivity index (χ2n) is 10.7. The predicted molar refractivity (Wildman–Crippen MR) is 167 cm³/mol. The van der Waals surface area contributed by atoms with Crippen LogP contribution in [-0.2, 0) is 0 Å². The smallest absolute Gasteiger partial charge is 0.174 e. The normalized spacial score (nSPS) is 19.6. The number of piperidine rings is 1. The van der Waals surface area contributed by atoms with Gasteiger partial charge in [-0.1, -0.05) is 24.6 Å². The first kappa shape index (κ1) is 26.7. The Morgan fingerprint density at radius 1 is 0.975 bits per heavy atom. The van der Waals surface area contributed by atoms with Gasteiger partial charge in [0.25, 0.3) is 0 Å². The summed E-state index contributed by atoms with van der Waals surface area (Å²) >= 11 is 13.0. The molecule has 2 saturated heterocycles. The molecule has 0 radical (unpaired) electrons. The highest BCUT2D eigenvalue weighted by Crippen LogP contribution is 2.44. The van der Waals surface area contributed by atoms with Crippen LogP contribution in [0.25, 0.3) is 5.69 Å². The van der Waals surface area contributed by atoms with Gasteiger partial charge >= 0.3 is 0 Å². The highest BCUT2D eigenvalue weighted by Gasteiger charge is 2.42. The zero-order valence-corrected chi connectivity index (χ0v) is 24.6. The highest BCUT2D eigenvalue weighted by atomic mass is 35.5. The van der Waals surface area contributed by atoms with Crippen LogP contribution in [0.1, 0.15) is 48.9 Å². The van der Waals surface area contributed by atoms with Crippen LogP contribution in [-0.4, -0.2) is 34.9 Å². The van der Waals surface area contributed by atoms with Crippen LogP contribution in [0, 0.1) is 12.8 Å². The maximum atomic E-state index is 6.97. The van der Waals surface area contributed by atoms with Gasteiger partial charge in [0.05, 0.1) is 29.6 Å². The van der Waals surface area contributed by atoms with Crippen molar-refractivity contribution in [3.63, 3.8) is 0 Å². The minimum Gasteiger partial charge on any atom is -0.497 e. The molecule has 0 saturated carbocycles.